The average molecular weight is 336 g/mol. The minimum atomic E-state index is -0.0398. The molecular weight excluding hydrogens is 318 g/mol. The van der Waals surface area contributed by atoms with Crippen molar-refractivity contribution in [3.63, 3.8) is 0 Å². The van der Waals surface area contributed by atoms with Crippen LogP contribution in [0, 0.1) is 0 Å². The first-order chi connectivity index (χ1) is 11.0. The van der Waals surface area contributed by atoms with Gasteiger partial charge in [-0.25, -0.2) is 0 Å². The number of benzene rings is 1. The lowest BCUT2D eigenvalue weighted by molar-refractivity contribution is -0.144. The van der Waals surface area contributed by atoms with E-state index in [0.29, 0.717) is 23.9 Å². The predicted octanol–water partition coefficient (Wildman–Crippen LogP) is 1.63. The molecule has 1 aromatic carbocycles. The molecule has 0 unspecified atom stereocenters. The highest BCUT2D eigenvalue weighted by Crippen LogP contribution is 2.18. The van der Waals surface area contributed by atoms with Crippen molar-refractivity contribution in [3.05, 3.63) is 29.3 Å². The molecule has 0 aliphatic carbocycles. The molecule has 1 saturated heterocycles. The third-order valence-electron chi connectivity index (χ3n) is 3.58. The monoisotopic (exact) mass is 335 g/mol. The maximum absolute atomic E-state index is 12.4. The van der Waals surface area contributed by atoms with Crippen LogP contribution in [0.25, 0.3) is 11.4 Å². The molecule has 1 fully saturated rings. The van der Waals surface area contributed by atoms with Gasteiger partial charge in [0.05, 0.1) is 12.2 Å². The second kappa shape index (κ2) is 6.64. The Kier molecular flexibility index (Phi) is 4.58. The topological polar surface area (TPSA) is 73.1 Å². The molecule has 0 spiro atoms. The van der Waals surface area contributed by atoms with Crippen LogP contribution in [0.3, 0.4) is 0 Å². The Balaban J connectivity index is 1.68. The fourth-order valence-corrected chi connectivity index (χ4v) is 2.85. The van der Waals surface area contributed by atoms with Crippen LogP contribution in [0.5, 0.6) is 0 Å². The van der Waals surface area contributed by atoms with Crippen LogP contribution in [0.2, 0.25) is 5.02 Å². The molecule has 2 aromatic rings. The maximum atomic E-state index is 12.4. The summed E-state index contributed by atoms with van der Waals surface area (Å²) >= 11 is 5.96. The number of halogens is 1. The number of carbonyl (C=O) groups is 1. The van der Waals surface area contributed by atoms with Gasteiger partial charge in [0, 0.05) is 23.7 Å². The number of aromatic nitrogens is 4. The summed E-state index contributed by atoms with van der Waals surface area (Å²) in [5.41, 5.74) is 0.768. The van der Waals surface area contributed by atoms with Gasteiger partial charge in [-0.05, 0) is 31.2 Å². The van der Waals surface area contributed by atoms with Crippen molar-refractivity contribution >= 4 is 17.5 Å². The second-order valence-electron chi connectivity index (χ2n) is 5.71. The number of carbonyl (C=O) groups excluding carboxylic acids is 1. The summed E-state index contributed by atoms with van der Waals surface area (Å²) in [6, 6.07) is 7.20. The van der Waals surface area contributed by atoms with E-state index in [2.05, 4.69) is 15.4 Å². The Morgan fingerprint density at radius 3 is 2.78 bits per heavy atom. The van der Waals surface area contributed by atoms with E-state index >= 15 is 0 Å². The predicted molar refractivity (Wildman–Crippen MR) is 84.9 cm³/mol. The van der Waals surface area contributed by atoms with Crippen molar-refractivity contribution in [2.45, 2.75) is 32.6 Å². The van der Waals surface area contributed by atoms with Crippen molar-refractivity contribution in [2.24, 2.45) is 0 Å². The van der Waals surface area contributed by atoms with Gasteiger partial charge in [0.25, 0.3) is 0 Å². The number of amides is 1. The van der Waals surface area contributed by atoms with Crippen LogP contribution in [0.4, 0.5) is 0 Å². The summed E-state index contributed by atoms with van der Waals surface area (Å²) < 4.78 is 5.63. The lowest BCUT2D eigenvalue weighted by Gasteiger charge is -2.35. The van der Waals surface area contributed by atoms with Crippen LogP contribution >= 0.6 is 11.6 Å². The largest absolute Gasteiger partial charge is 0.372 e. The highest BCUT2D eigenvalue weighted by molar-refractivity contribution is 6.30. The van der Waals surface area contributed by atoms with Gasteiger partial charge >= 0.3 is 0 Å². The van der Waals surface area contributed by atoms with E-state index in [1.165, 1.54) is 4.80 Å². The van der Waals surface area contributed by atoms with E-state index in [1.807, 2.05) is 26.0 Å². The molecule has 1 amide bonds. The van der Waals surface area contributed by atoms with Crippen molar-refractivity contribution in [1.29, 1.82) is 0 Å². The molecular formula is C15H18ClN5O2. The number of morpholine rings is 1. The molecule has 7 nitrogen and oxygen atoms in total. The summed E-state index contributed by atoms with van der Waals surface area (Å²) in [7, 11) is 0. The van der Waals surface area contributed by atoms with Crippen molar-refractivity contribution in [2.75, 3.05) is 13.1 Å². The molecule has 0 N–H and O–H groups in total. The zero-order chi connectivity index (χ0) is 16.4. The van der Waals surface area contributed by atoms with Crippen LogP contribution in [0.1, 0.15) is 13.8 Å². The highest BCUT2D eigenvalue weighted by atomic mass is 35.5. The van der Waals surface area contributed by atoms with E-state index in [4.69, 9.17) is 16.3 Å². The fourth-order valence-electron chi connectivity index (χ4n) is 2.66. The Labute approximate surface area is 139 Å². The number of tetrazole rings is 1. The average Bonchev–Trinajstić information content (AvgIpc) is 2.95. The molecule has 8 heteroatoms. The smallest absolute Gasteiger partial charge is 0.246 e. The first-order valence-electron chi connectivity index (χ1n) is 7.48. The van der Waals surface area contributed by atoms with Gasteiger partial charge in [-0.1, -0.05) is 23.7 Å². The zero-order valence-electron chi connectivity index (χ0n) is 13.0. The lowest BCUT2D eigenvalue weighted by Crippen LogP contribution is -2.49. The molecule has 0 bridgehead atoms. The SMILES string of the molecule is C[C@H]1CN(C(=O)Cn2nnc(-c3cccc(Cl)c3)n2)C[C@H](C)O1. The standard InChI is InChI=1S/C15H18ClN5O2/c1-10-7-20(8-11(2)23-10)14(22)9-21-18-15(17-19-21)12-4-3-5-13(16)6-12/h3-6,10-11H,7-9H2,1-2H3/t10-,11-/m0/s1. The van der Waals surface area contributed by atoms with Crippen LogP contribution in [-0.4, -0.2) is 56.3 Å². The van der Waals surface area contributed by atoms with E-state index in [0.717, 1.165) is 5.56 Å². The van der Waals surface area contributed by atoms with Crippen molar-refractivity contribution < 1.29 is 9.53 Å². The van der Waals surface area contributed by atoms with E-state index in [-0.39, 0.29) is 24.7 Å². The summed E-state index contributed by atoms with van der Waals surface area (Å²) in [5, 5.41) is 12.8. The molecule has 23 heavy (non-hydrogen) atoms. The number of hydrogen-bond donors (Lipinski definition) is 0. The van der Waals surface area contributed by atoms with Gasteiger partial charge in [0.1, 0.15) is 6.54 Å². The summed E-state index contributed by atoms with van der Waals surface area (Å²) in [6.07, 6.45) is 0.0712. The number of rotatable bonds is 3. The fraction of sp³-hybridized carbons (Fsp3) is 0.467. The lowest BCUT2D eigenvalue weighted by atomic mass is 10.2. The third-order valence-corrected chi connectivity index (χ3v) is 3.82. The quantitative estimate of drug-likeness (QED) is 0.852. The van der Waals surface area contributed by atoms with E-state index < -0.39 is 0 Å². The van der Waals surface area contributed by atoms with Gasteiger partial charge in [0.15, 0.2) is 0 Å². The minimum absolute atomic E-state index is 0.0356. The van der Waals surface area contributed by atoms with Gasteiger partial charge in [0.2, 0.25) is 11.7 Å². The zero-order valence-corrected chi connectivity index (χ0v) is 13.8. The molecule has 122 valence electrons. The Morgan fingerprint density at radius 1 is 1.35 bits per heavy atom. The molecule has 0 radical (unpaired) electrons. The van der Waals surface area contributed by atoms with Gasteiger partial charge in [-0.3, -0.25) is 4.79 Å². The molecule has 1 aliphatic rings. The van der Waals surface area contributed by atoms with E-state index in [9.17, 15) is 4.79 Å². The molecule has 1 aliphatic heterocycles. The van der Waals surface area contributed by atoms with Gasteiger partial charge in [-0.2, -0.15) is 4.80 Å². The first-order valence-corrected chi connectivity index (χ1v) is 7.86. The van der Waals surface area contributed by atoms with Crippen molar-refractivity contribution in [1.82, 2.24) is 25.1 Å². The maximum Gasteiger partial charge on any atom is 0.246 e. The number of hydrogen-bond acceptors (Lipinski definition) is 5. The van der Waals surface area contributed by atoms with Gasteiger partial charge in [-0.15, -0.1) is 10.2 Å². The Hall–Kier alpha value is -1.99. The summed E-state index contributed by atoms with van der Waals surface area (Å²) in [5.74, 6) is 0.408. The Bertz CT molecular complexity index is 695. The molecule has 0 saturated carbocycles. The second-order valence-corrected chi connectivity index (χ2v) is 6.15. The first kappa shape index (κ1) is 15.9. The van der Waals surface area contributed by atoms with Crippen molar-refractivity contribution in [3.8, 4) is 11.4 Å². The van der Waals surface area contributed by atoms with Crippen LogP contribution < -0.4 is 0 Å². The summed E-state index contributed by atoms with van der Waals surface area (Å²) in [6.45, 7) is 5.15. The molecule has 1 aromatic heterocycles. The molecule has 2 atom stereocenters. The third kappa shape index (κ3) is 3.86. The summed E-state index contributed by atoms with van der Waals surface area (Å²) in [4.78, 5) is 15.5. The Morgan fingerprint density at radius 2 is 2.09 bits per heavy atom. The highest BCUT2D eigenvalue weighted by Gasteiger charge is 2.26. The number of ether oxygens (including phenoxy) is 1. The molecule has 2 heterocycles. The van der Waals surface area contributed by atoms with Gasteiger partial charge < -0.3 is 9.64 Å². The van der Waals surface area contributed by atoms with Crippen LogP contribution in [0.15, 0.2) is 24.3 Å². The number of nitrogens with zero attached hydrogens (tertiary/aromatic N) is 5. The minimum Gasteiger partial charge on any atom is -0.372 e. The van der Waals surface area contributed by atoms with Crippen LogP contribution in [-0.2, 0) is 16.1 Å². The normalized spacial score (nSPS) is 21.4. The molecule has 3 rings (SSSR count). The van der Waals surface area contributed by atoms with E-state index in [1.54, 1.807) is 17.0 Å².